The molecule has 0 amide bonds. The molecule has 1 aliphatic carbocycles. The quantitative estimate of drug-likeness (QED) is 0.820. The van der Waals surface area contributed by atoms with Crippen molar-refractivity contribution in [3.05, 3.63) is 35.4 Å². The van der Waals surface area contributed by atoms with E-state index in [1.807, 2.05) is 13.8 Å². The Morgan fingerprint density at radius 1 is 1.24 bits per heavy atom. The molecule has 0 bridgehead atoms. The van der Waals surface area contributed by atoms with Gasteiger partial charge in [-0.3, -0.25) is 0 Å². The van der Waals surface area contributed by atoms with E-state index in [0.29, 0.717) is 0 Å². The third-order valence-corrected chi connectivity index (χ3v) is 3.84. The van der Waals surface area contributed by atoms with E-state index in [4.69, 9.17) is 5.73 Å². The topological polar surface area (TPSA) is 46.2 Å². The average molecular weight is 233 g/mol. The van der Waals surface area contributed by atoms with Gasteiger partial charge in [-0.2, -0.15) is 0 Å². The van der Waals surface area contributed by atoms with Crippen LogP contribution >= 0.6 is 0 Å². The van der Waals surface area contributed by atoms with Crippen molar-refractivity contribution in [2.24, 2.45) is 5.73 Å². The zero-order valence-electron chi connectivity index (χ0n) is 10.9. The van der Waals surface area contributed by atoms with Crippen LogP contribution in [0.3, 0.4) is 0 Å². The van der Waals surface area contributed by atoms with Crippen LogP contribution in [-0.2, 0) is 11.8 Å². The lowest BCUT2D eigenvalue weighted by Gasteiger charge is -2.17. The summed E-state index contributed by atoms with van der Waals surface area (Å²) in [6.45, 7) is 4.47. The van der Waals surface area contributed by atoms with Crippen LogP contribution in [0.2, 0.25) is 0 Å². The lowest BCUT2D eigenvalue weighted by molar-refractivity contribution is 0.0714. The minimum absolute atomic E-state index is 0.286. The van der Waals surface area contributed by atoms with E-state index in [-0.39, 0.29) is 5.41 Å². The Bertz CT molecular complexity index is 371. The highest BCUT2D eigenvalue weighted by Gasteiger charge is 2.42. The maximum atomic E-state index is 9.69. The summed E-state index contributed by atoms with van der Waals surface area (Å²) < 4.78 is 0. The summed E-state index contributed by atoms with van der Waals surface area (Å²) >= 11 is 0. The highest BCUT2D eigenvalue weighted by Crippen LogP contribution is 2.47. The maximum Gasteiger partial charge on any atom is 0.0594 e. The zero-order valence-corrected chi connectivity index (χ0v) is 10.9. The zero-order chi connectivity index (χ0) is 12.5. The Hall–Kier alpha value is -0.860. The summed E-state index contributed by atoms with van der Waals surface area (Å²) in [7, 11) is 0. The first-order valence-electron chi connectivity index (χ1n) is 6.47. The van der Waals surface area contributed by atoms with Crippen molar-refractivity contribution in [2.45, 2.75) is 50.5 Å². The minimum Gasteiger partial charge on any atom is -0.390 e. The predicted octanol–water partition coefficient (Wildman–Crippen LogP) is 2.38. The molecule has 2 heteroatoms. The van der Waals surface area contributed by atoms with Gasteiger partial charge in [0.1, 0.15) is 0 Å². The van der Waals surface area contributed by atoms with Crippen molar-refractivity contribution in [1.82, 2.24) is 0 Å². The fourth-order valence-corrected chi connectivity index (χ4v) is 2.24. The van der Waals surface area contributed by atoms with Crippen LogP contribution in [0, 0.1) is 0 Å². The molecule has 1 fully saturated rings. The molecule has 1 aliphatic rings. The van der Waals surface area contributed by atoms with Gasteiger partial charge in [0.15, 0.2) is 0 Å². The molecule has 0 saturated heterocycles. The lowest BCUT2D eigenvalue weighted by atomic mass is 9.93. The molecule has 0 radical (unpaired) electrons. The average Bonchev–Trinajstić information content (AvgIpc) is 3.07. The van der Waals surface area contributed by atoms with E-state index >= 15 is 0 Å². The number of nitrogens with two attached hydrogens (primary N) is 1. The number of hydrogen-bond acceptors (Lipinski definition) is 2. The van der Waals surface area contributed by atoms with Crippen LogP contribution < -0.4 is 5.73 Å². The van der Waals surface area contributed by atoms with Crippen molar-refractivity contribution in [1.29, 1.82) is 0 Å². The van der Waals surface area contributed by atoms with Crippen LogP contribution in [0.15, 0.2) is 24.3 Å². The first-order valence-corrected chi connectivity index (χ1v) is 6.47. The van der Waals surface area contributed by atoms with Gasteiger partial charge in [-0.1, -0.05) is 24.3 Å². The molecular weight excluding hydrogens is 210 g/mol. The Balaban J connectivity index is 1.99. The molecule has 0 heterocycles. The van der Waals surface area contributed by atoms with E-state index in [1.54, 1.807) is 0 Å². The van der Waals surface area contributed by atoms with Crippen molar-refractivity contribution in [3.63, 3.8) is 0 Å². The monoisotopic (exact) mass is 233 g/mol. The summed E-state index contributed by atoms with van der Waals surface area (Å²) in [5.41, 5.74) is 8.21. The molecule has 3 N–H and O–H groups in total. The first-order chi connectivity index (χ1) is 7.95. The molecule has 94 valence electrons. The molecule has 1 saturated carbocycles. The van der Waals surface area contributed by atoms with Gasteiger partial charge in [0.2, 0.25) is 0 Å². The summed E-state index contributed by atoms with van der Waals surface area (Å²) in [5.74, 6) is 0. The summed E-state index contributed by atoms with van der Waals surface area (Å²) in [4.78, 5) is 0. The molecule has 17 heavy (non-hydrogen) atoms. The Labute approximate surface area is 104 Å². The molecule has 1 aromatic carbocycles. The molecule has 0 aromatic heterocycles. The molecule has 0 spiro atoms. The van der Waals surface area contributed by atoms with E-state index in [0.717, 1.165) is 19.4 Å². The molecular formula is C15H23NO. The van der Waals surface area contributed by atoms with Crippen molar-refractivity contribution < 1.29 is 5.11 Å². The van der Waals surface area contributed by atoms with E-state index in [1.165, 1.54) is 24.0 Å². The minimum atomic E-state index is -0.576. The molecule has 1 aromatic rings. The summed E-state index contributed by atoms with van der Waals surface area (Å²) in [6, 6.07) is 8.77. The second kappa shape index (κ2) is 4.43. The highest BCUT2D eigenvalue weighted by molar-refractivity contribution is 5.34. The Kier molecular flexibility index (Phi) is 3.28. The number of rotatable bonds is 5. The van der Waals surface area contributed by atoms with Crippen LogP contribution in [0.25, 0.3) is 0 Å². The fourth-order valence-electron chi connectivity index (χ4n) is 2.24. The van der Waals surface area contributed by atoms with Crippen LogP contribution in [-0.4, -0.2) is 17.3 Å². The third kappa shape index (κ3) is 3.08. The van der Waals surface area contributed by atoms with Gasteiger partial charge in [0.05, 0.1) is 5.60 Å². The molecule has 2 rings (SSSR count). The van der Waals surface area contributed by atoms with Crippen molar-refractivity contribution in [3.8, 4) is 0 Å². The van der Waals surface area contributed by atoms with Gasteiger partial charge in [0, 0.05) is 12.0 Å². The van der Waals surface area contributed by atoms with Crippen molar-refractivity contribution in [2.75, 3.05) is 6.54 Å². The van der Waals surface area contributed by atoms with Crippen LogP contribution in [0.1, 0.15) is 44.2 Å². The second-order valence-electron chi connectivity index (χ2n) is 5.99. The Morgan fingerprint density at radius 3 is 2.24 bits per heavy atom. The normalized spacial score (nSPS) is 18.1. The van der Waals surface area contributed by atoms with Crippen molar-refractivity contribution >= 4 is 0 Å². The first kappa shape index (κ1) is 12.6. The smallest absolute Gasteiger partial charge is 0.0594 e. The number of aliphatic hydroxyl groups is 1. The number of hydrogen-bond donors (Lipinski definition) is 2. The van der Waals surface area contributed by atoms with E-state index in [2.05, 4.69) is 24.3 Å². The maximum absolute atomic E-state index is 9.69. The van der Waals surface area contributed by atoms with E-state index < -0.39 is 5.60 Å². The summed E-state index contributed by atoms with van der Waals surface area (Å²) in [5, 5.41) is 9.69. The molecule has 2 nitrogen and oxygen atoms in total. The SMILES string of the molecule is CC(C)(O)CCc1ccc(C2(CN)CC2)cc1. The summed E-state index contributed by atoms with van der Waals surface area (Å²) in [6.07, 6.45) is 4.19. The lowest BCUT2D eigenvalue weighted by Crippen LogP contribution is -2.20. The van der Waals surface area contributed by atoms with E-state index in [9.17, 15) is 5.11 Å². The van der Waals surface area contributed by atoms with Gasteiger partial charge in [-0.25, -0.2) is 0 Å². The third-order valence-electron chi connectivity index (χ3n) is 3.84. The van der Waals surface area contributed by atoms with Crippen LogP contribution in [0.4, 0.5) is 0 Å². The fraction of sp³-hybridized carbons (Fsp3) is 0.600. The van der Waals surface area contributed by atoms with Gasteiger partial charge in [-0.05, 0) is 50.7 Å². The van der Waals surface area contributed by atoms with Gasteiger partial charge in [0.25, 0.3) is 0 Å². The molecule has 0 atom stereocenters. The largest absolute Gasteiger partial charge is 0.390 e. The standard InChI is InChI=1S/C15H23NO/c1-14(2,17)8-7-12-3-5-13(6-4-12)15(11-16)9-10-15/h3-6,17H,7-11,16H2,1-2H3. The molecule has 0 unspecified atom stereocenters. The predicted molar refractivity (Wildman–Crippen MR) is 71.0 cm³/mol. The second-order valence-corrected chi connectivity index (χ2v) is 5.99. The number of benzene rings is 1. The molecule has 0 aliphatic heterocycles. The van der Waals surface area contributed by atoms with Gasteiger partial charge >= 0.3 is 0 Å². The van der Waals surface area contributed by atoms with Crippen LogP contribution in [0.5, 0.6) is 0 Å². The van der Waals surface area contributed by atoms with Gasteiger partial charge in [-0.15, -0.1) is 0 Å². The Morgan fingerprint density at radius 2 is 1.82 bits per heavy atom. The number of aryl methyl sites for hydroxylation is 1. The highest BCUT2D eigenvalue weighted by atomic mass is 16.3. The van der Waals surface area contributed by atoms with Gasteiger partial charge < -0.3 is 10.8 Å².